The maximum absolute atomic E-state index is 13.3. The van der Waals surface area contributed by atoms with Crippen molar-refractivity contribution in [2.45, 2.75) is 59.5 Å². The minimum absolute atomic E-state index is 0.0140. The molecule has 196 valence electrons. The molecule has 0 bridgehead atoms. The number of benzene rings is 1. The Morgan fingerprint density at radius 3 is 2.23 bits per heavy atom. The third kappa shape index (κ3) is 13.8. The van der Waals surface area contributed by atoms with Crippen molar-refractivity contribution >= 4 is 24.0 Å². The van der Waals surface area contributed by atoms with Crippen LogP contribution in [0.5, 0.6) is 0 Å². The van der Waals surface area contributed by atoms with Crippen LogP contribution in [0.1, 0.15) is 74.7 Å². The number of unbranched alkanes of at least 4 members (excludes halogenated alkanes) is 2. The second kappa shape index (κ2) is 17.1. The number of nitrogens with zero attached hydrogens (tertiary/aromatic N) is 1. The van der Waals surface area contributed by atoms with Crippen LogP contribution in [0.15, 0.2) is 24.4 Å². The van der Waals surface area contributed by atoms with Crippen molar-refractivity contribution in [1.29, 1.82) is 0 Å². The highest BCUT2D eigenvalue weighted by atomic mass is 19.1. The lowest BCUT2D eigenvalue weighted by Gasteiger charge is -2.19. The van der Waals surface area contributed by atoms with E-state index in [9.17, 15) is 23.2 Å². The molecule has 2 aromatic rings. The molecule has 0 fully saturated rings. The average molecular weight is 498 g/mol. The van der Waals surface area contributed by atoms with E-state index in [-0.39, 0.29) is 17.5 Å². The monoisotopic (exact) mass is 497 g/mol. The second-order valence-electron chi connectivity index (χ2n) is 8.21. The number of anilines is 1. The predicted octanol–water partition coefficient (Wildman–Crippen LogP) is 4.68. The van der Waals surface area contributed by atoms with Crippen molar-refractivity contribution < 1.29 is 27.9 Å². The SMILES string of the molecule is CCCCCNC(=O)OC(C)(C)C.CCNC.O=Cc1[nH]ncc1NC(=O)c1c(F)cccc1F. The van der Waals surface area contributed by atoms with Crippen LogP contribution in [0.25, 0.3) is 0 Å². The minimum Gasteiger partial charge on any atom is -0.444 e. The number of hydrogen-bond acceptors (Lipinski definition) is 6. The fourth-order valence-electron chi connectivity index (χ4n) is 2.26. The van der Waals surface area contributed by atoms with Gasteiger partial charge in [-0.25, -0.2) is 13.6 Å². The van der Waals surface area contributed by atoms with Crippen LogP contribution in [-0.2, 0) is 4.74 Å². The van der Waals surface area contributed by atoms with Crippen molar-refractivity contribution in [3.63, 3.8) is 0 Å². The summed E-state index contributed by atoms with van der Waals surface area (Å²) in [4.78, 5) is 33.3. The van der Waals surface area contributed by atoms with Gasteiger partial charge >= 0.3 is 6.09 Å². The number of carbonyl (C=O) groups excluding carboxylic acids is 3. The van der Waals surface area contributed by atoms with E-state index in [4.69, 9.17) is 4.74 Å². The Morgan fingerprint density at radius 1 is 1.14 bits per heavy atom. The van der Waals surface area contributed by atoms with Crippen LogP contribution < -0.4 is 16.0 Å². The van der Waals surface area contributed by atoms with Gasteiger partial charge < -0.3 is 20.7 Å². The number of aromatic nitrogens is 2. The first kappa shape index (κ1) is 31.7. The van der Waals surface area contributed by atoms with Crippen molar-refractivity contribution in [2.24, 2.45) is 0 Å². The number of nitrogens with one attached hydrogen (secondary N) is 4. The second-order valence-corrected chi connectivity index (χ2v) is 8.21. The van der Waals surface area contributed by atoms with E-state index in [0.29, 0.717) is 12.8 Å². The molecule has 35 heavy (non-hydrogen) atoms. The van der Waals surface area contributed by atoms with E-state index >= 15 is 0 Å². The number of rotatable bonds is 8. The topological polar surface area (TPSA) is 125 Å². The molecule has 0 atom stereocenters. The molecule has 11 heteroatoms. The van der Waals surface area contributed by atoms with Crippen LogP contribution in [-0.4, -0.2) is 54.2 Å². The van der Waals surface area contributed by atoms with E-state index in [2.05, 4.69) is 40.0 Å². The molecule has 2 rings (SSSR count). The van der Waals surface area contributed by atoms with E-state index < -0.39 is 28.7 Å². The summed E-state index contributed by atoms with van der Waals surface area (Å²) in [6.07, 6.45) is 4.62. The molecule has 1 heterocycles. The highest BCUT2D eigenvalue weighted by Crippen LogP contribution is 2.16. The fourth-order valence-corrected chi connectivity index (χ4v) is 2.26. The summed E-state index contributed by atoms with van der Waals surface area (Å²) >= 11 is 0. The quantitative estimate of drug-likeness (QED) is 0.310. The number of aromatic amines is 1. The van der Waals surface area contributed by atoms with Gasteiger partial charge in [-0.05, 0) is 52.9 Å². The average Bonchev–Trinajstić information content (AvgIpc) is 3.23. The maximum atomic E-state index is 13.3. The number of carbonyl (C=O) groups is 3. The zero-order valence-electron chi connectivity index (χ0n) is 21.3. The first-order valence-electron chi connectivity index (χ1n) is 11.4. The summed E-state index contributed by atoms with van der Waals surface area (Å²) < 4.78 is 31.7. The molecule has 0 saturated heterocycles. The zero-order valence-corrected chi connectivity index (χ0v) is 21.3. The molecule has 0 aliphatic heterocycles. The molecule has 0 saturated carbocycles. The molecule has 4 N–H and O–H groups in total. The molecule has 0 aliphatic rings. The van der Waals surface area contributed by atoms with Gasteiger partial charge in [0.25, 0.3) is 5.91 Å². The van der Waals surface area contributed by atoms with Gasteiger partial charge in [-0.2, -0.15) is 5.10 Å². The van der Waals surface area contributed by atoms with Crippen molar-refractivity contribution in [3.05, 3.63) is 47.3 Å². The van der Waals surface area contributed by atoms with Crippen molar-refractivity contribution in [1.82, 2.24) is 20.8 Å². The summed E-state index contributed by atoms with van der Waals surface area (Å²) in [7, 11) is 1.93. The Hall–Kier alpha value is -3.34. The molecule has 2 amide bonds. The van der Waals surface area contributed by atoms with Gasteiger partial charge in [-0.15, -0.1) is 0 Å². The van der Waals surface area contributed by atoms with Crippen LogP contribution >= 0.6 is 0 Å². The molecule has 1 aromatic carbocycles. The van der Waals surface area contributed by atoms with E-state index in [1.54, 1.807) is 0 Å². The molecule has 0 spiro atoms. The van der Waals surface area contributed by atoms with E-state index in [0.717, 1.165) is 44.0 Å². The summed E-state index contributed by atoms with van der Waals surface area (Å²) in [6.45, 7) is 11.6. The number of halogens is 2. The number of H-pyrrole nitrogens is 1. The Balaban J connectivity index is 0.000000598. The first-order chi connectivity index (χ1) is 16.5. The van der Waals surface area contributed by atoms with E-state index in [1.165, 1.54) is 6.20 Å². The lowest BCUT2D eigenvalue weighted by Crippen LogP contribution is -2.32. The Morgan fingerprint density at radius 2 is 1.74 bits per heavy atom. The molecule has 0 unspecified atom stereocenters. The number of hydrogen-bond donors (Lipinski definition) is 4. The van der Waals surface area contributed by atoms with Crippen LogP contribution in [0.2, 0.25) is 0 Å². The standard InChI is InChI=1S/C11H7F2N3O2.C10H21NO2.C3H9N/c12-6-2-1-3-7(13)10(6)11(18)15-8-4-14-16-9(8)5-17;1-5-6-7-8-11-9(12)13-10(2,3)4;1-3-4-2/h1-5H,(H,14,16)(H,15,18);5-8H2,1-4H3,(H,11,12);4H,3H2,1-2H3. The normalized spacial score (nSPS) is 10.2. The Bertz CT molecular complexity index is 891. The third-order valence-corrected chi connectivity index (χ3v) is 4.03. The van der Waals surface area contributed by atoms with Gasteiger partial charge in [0.05, 0.1) is 11.9 Å². The Kier molecular flexibility index (Phi) is 15.5. The molecular weight excluding hydrogens is 460 g/mol. The molecule has 1 aromatic heterocycles. The van der Waals surface area contributed by atoms with Crippen LogP contribution in [0.3, 0.4) is 0 Å². The molecule has 0 radical (unpaired) electrons. The Labute approximate surface area is 205 Å². The van der Waals surface area contributed by atoms with Gasteiger partial charge in [0.15, 0.2) is 6.29 Å². The van der Waals surface area contributed by atoms with Gasteiger partial charge in [-0.1, -0.05) is 32.8 Å². The summed E-state index contributed by atoms with van der Waals surface area (Å²) in [5, 5.41) is 13.7. The fraction of sp³-hybridized carbons (Fsp3) is 0.500. The first-order valence-corrected chi connectivity index (χ1v) is 11.4. The number of ether oxygens (including phenoxy) is 1. The lowest BCUT2D eigenvalue weighted by molar-refractivity contribution is 0.0526. The highest BCUT2D eigenvalue weighted by Gasteiger charge is 2.18. The van der Waals surface area contributed by atoms with Crippen molar-refractivity contribution in [2.75, 3.05) is 25.5 Å². The number of alkyl carbamates (subject to hydrolysis) is 1. The van der Waals surface area contributed by atoms with Gasteiger partial charge in [0.1, 0.15) is 28.5 Å². The number of aldehydes is 1. The summed E-state index contributed by atoms with van der Waals surface area (Å²) in [5.74, 6) is -2.96. The van der Waals surface area contributed by atoms with Gasteiger partial charge in [0, 0.05) is 6.54 Å². The highest BCUT2D eigenvalue weighted by molar-refractivity contribution is 6.06. The zero-order chi connectivity index (χ0) is 26.9. The minimum atomic E-state index is -0.991. The number of amides is 2. The maximum Gasteiger partial charge on any atom is 0.407 e. The predicted molar refractivity (Wildman–Crippen MR) is 132 cm³/mol. The lowest BCUT2D eigenvalue weighted by atomic mass is 10.2. The summed E-state index contributed by atoms with van der Waals surface area (Å²) in [5.41, 5.74) is -1.04. The van der Waals surface area contributed by atoms with Gasteiger partial charge in [0.2, 0.25) is 0 Å². The van der Waals surface area contributed by atoms with E-state index in [1.807, 2.05) is 27.8 Å². The summed E-state index contributed by atoms with van der Waals surface area (Å²) in [6, 6.07) is 3.08. The molecular formula is C24H37F2N5O4. The van der Waals surface area contributed by atoms with Gasteiger partial charge in [-0.3, -0.25) is 14.7 Å². The van der Waals surface area contributed by atoms with Crippen molar-refractivity contribution in [3.8, 4) is 0 Å². The third-order valence-electron chi connectivity index (χ3n) is 4.03. The largest absolute Gasteiger partial charge is 0.444 e. The van der Waals surface area contributed by atoms with Crippen LogP contribution in [0.4, 0.5) is 19.3 Å². The molecule has 0 aliphatic carbocycles. The molecule has 9 nitrogen and oxygen atoms in total. The van der Waals surface area contributed by atoms with Crippen LogP contribution in [0, 0.1) is 11.6 Å². The smallest absolute Gasteiger partial charge is 0.407 e.